The molecule has 1 N–H and O–H groups in total. The lowest BCUT2D eigenvalue weighted by Crippen LogP contribution is -2.09. The van der Waals surface area contributed by atoms with Gasteiger partial charge in [-0.1, -0.05) is 19.1 Å². The maximum absolute atomic E-state index is 7.34. The van der Waals surface area contributed by atoms with Crippen LogP contribution in [-0.4, -0.2) is 5.71 Å². The van der Waals surface area contributed by atoms with Crippen molar-refractivity contribution in [1.29, 1.82) is 5.41 Å². The Hall–Kier alpha value is -0.590. The van der Waals surface area contributed by atoms with Crippen LogP contribution < -0.4 is 0 Å². The second-order valence-corrected chi connectivity index (χ2v) is 2.28. The molecule has 1 aliphatic carbocycles. The van der Waals surface area contributed by atoms with Crippen LogP contribution >= 0.6 is 0 Å². The highest BCUT2D eigenvalue weighted by Crippen LogP contribution is 2.11. The molecule has 0 aromatic carbocycles. The van der Waals surface area contributed by atoms with Gasteiger partial charge in [-0.05, 0) is 12.8 Å². The largest absolute Gasteiger partial charge is 0.309 e. The molecule has 1 rings (SSSR count). The first-order valence-electron chi connectivity index (χ1n) is 3.04. The molecule has 0 fully saturated rings. The molecular weight excluding hydrogens is 98.1 g/mol. The second kappa shape index (κ2) is 2.12. The average molecular weight is 109 g/mol. The monoisotopic (exact) mass is 109 g/mol. The molecule has 0 amide bonds. The molecule has 0 spiro atoms. The summed E-state index contributed by atoms with van der Waals surface area (Å²) >= 11 is 0. The minimum absolute atomic E-state index is 0.406. The van der Waals surface area contributed by atoms with Gasteiger partial charge in [-0.15, -0.1) is 0 Å². The third-order valence-corrected chi connectivity index (χ3v) is 1.55. The summed E-state index contributed by atoms with van der Waals surface area (Å²) in [6.45, 7) is 2.07. The smallest absolute Gasteiger partial charge is 0.0158 e. The summed E-state index contributed by atoms with van der Waals surface area (Å²) in [7, 11) is 0. The Labute approximate surface area is 49.9 Å². The first-order chi connectivity index (χ1) is 3.80. The summed E-state index contributed by atoms with van der Waals surface area (Å²) in [5, 5.41) is 7.34. The van der Waals surface area contributed by atoms with E-state index in [1.54, 1.807) is 0 Å². The van der Waals surface area contributed by atoms with Gasteiger partial charge in [-0.3, -0.25) is 0 Å². The molecule has 1 atom stereocenters. The van der Waals surface area contributed by atoms with Crippen LogP contribution in [0.2, 0.25) is 0 Å². The van der Waals surface area contributed by atoms with Crippen molar-refractivity contribution in [2.75, 3.05) is 0 Å². The van der Waals surface area contributed by atoms with Crippen molar-refractivity contribution >= 4 is 5.71 Å². The molecule has 8 heavy (non-hydrogen) atoms. The zero-order valence-electron chi connectivity index (χ0n) is 5.15. The molecule has 0 saturated carbocycles. The number of allylic oxidation sites excluding steroid dienone is 2. The van der Waals surface area contributed by atoms with Crippen molar-refractivity contribution in [1.82, 2.24) is 0 Å². The molecule has 1 unspecified atom stereocenters. The maximum atomic E-state index is 7.34. The van der Waals surface area contributed by atoms with E-state index >= 15 is 0 Å². The quantitative estimate of drug-likeness (QED) is 0.460. The van der Waals surface area contributed by atoms with Crippen molar-refractivity contribution in [3.63, 3.8) is 0 Å². The zero-order chi connectivity index (χ0) is 5.98. The number of nitrogens with one attached hydrogen (secondary N) is 1. The number of hydrogen-bond donors (Lipinski definition) is 1. The molecule has 0 aliphatic heterocycles. The van der Waals surface area contributed by atoms with Gasteiger partial charge >= 0.3 is 0 Å². The lowest BCUT2D eigenvalue weighted by Gasteiger charge is -2.11. The highest BCUT2D eigenvalue weighted by molar-refractivity contribution is 5.85. The van der Waals surface area contributed by atoms with Gasteiger partial charge in [0.25, 0.3) is 0 Å². The van der Waals surface area contributed by atoms with E-state index in [-0.39, 0.29) is 0 Å². The summed E-state index contributed by atoms with van der Waals surface area (Å²) in [6, 6.07) is 0. The molecule has 44 valence electrons. The van der Waals surface area contributed by atoms with Crippen molar-refractivity contribution < 1.29 is 0 Å². The minimum Gasteiger partial charge on any atom is -0.309 e. The van der Waals surface area contributed by atoms with Crippen LogP contribution in [0.25, 0.3) is 0 Å². The standard InChI is InChI=1S/C7H11N/c1-6-4-2-3-5-7(6)8/h2,4,6,8H,3,5H2,1H3. The predicted octanol–water partition coefficient (Wildman–Crippen LogP) is 1.99. The van der Waals surface area contributed by atoms with Gasteiger partial charge in [0.1, 0.15) is 0 Å². The molecule has 1 aliphatic rings. The number of hydrogen-bond acceptors (Lipinski definition) is 1. The van der Waals surface area contributed by atoms with Crippen LogP contribution in [0.15, 0.2) is 12.2 Å². The summed E-state index contributed by atoms with van der Waals surface area (Å²) in [5.41, 5.74) is 0.882. The molecule has 0 heterocycles. The van der Waals surface area contributed by atoms with Gasteiger partial charge in [0.05, 0.1) is 0 Å². The average Bonchev–Trinajstić information content (AvgIpc) is 1.77. The molecular formula is C7H11N. The molecule has 1 heteroatoms. The molecule has 1 nitrogen and oxygen atoms in total. The van der Waals surface area contributed by atoms with Gasteiger partial charge in [-0.2, -0.15) is 0 Å². The fourth-order valence-corrected chi connectivity index (χ4v) is 0.883. The maximum Gasteiger partial charge on any atom is 0.0158 e. The van der Waals surface area contributed by atoms with Crippen LogP contribution in [0.4, 0.5) is 0 Å². The summed E-state index contributed by atoms with van der Waals surface area (Å²) < 4.78 is 0. The SMILES string of the molecule is CC1C=CCCC1=N. The predicted molar refractivity (Wildman–Crippen MR) is 35.3 cm³/mol. The summed E-state index contributed by atoms with van der Waals surface area (Å²) in [5.74, 6) is 0.406. The Morgan fingerprint density at radius 1 is 1.75 bits per heavy atom. The van der Waals surface area contributed by atoms with Crippen LogP contribution in [0, 0.1) is 11.3 Å². The third kappa shape index (κ3) is 0.971. The summed E-state index contributed by atoms with van der Waals surface area (Å²) in [4.78, 5) is 0. The van der Waals surface area contributed by atoms with E-state index in [1.165, 1.54) is 0 Å². The second-order valence-electron chi connectivity index (χ2n) is 2.28. The molecule has 0 aromatic rings. The van der Waals surface area contributed by atoms with E-state index in [0.717, 1.165) is 18.6 Å². The minimum atomic E-state index is 0.406. The van der Waals surface area contributed by atoms with E-state index in [1.807, 2.05) is 0 Å². The Balaban J connectivity index is 2.60. The molecule has 0 aromatic heterocycles. The van der Waals surface area contributed by atoms with Gasteiger partial charge in [-0.25, -0.2) is 0 Å². The van der Waals surface area contributed by atoms with E-state index in [4.69, 9.17) is 5.41 Å². The van der Waals surface area contributed by atoms with E-state index in [2.05, 4.69) is 19.1 Å². The van der Waals surface area contributed by atoms with Gasteiger partial charge < -0.3 is 5.41 Å². The van der Waals surface area contributed by atoms with Crippen molar-refractivity contribution in [2.24, 2.45) is 5.92 Å². The topological polar surface area (TPSA) is 23.9 Å². The first-order valence-corrected chi connectivity index (χ1v) is 3.04. The summed E-state index contributed by atoms with van der Waals surface area (Å²) in [6.07, 6.45) is 6.30. The third-order valence-electron chi connectivity index (χ3n) is 1.55. The molecule has 0 saturated heterocycles. The van der Waals surface area contributed by atoms with Crippen LogP contribution in [0.5, 0.6) is 0 Å². The molecule has 0 radical (unpaired) electrons. The highest BCUT2D eigenvalue weighted by Gasteiger charge is 2.06. The van der Waals surface area contributed by atoms with Crippen molar-refractivity contribution in [3.05, 3.63) is 12.2 Å². The van der Waals surface area contributed by atoms with Crippen LogP contribution in [-0.2, 0) is 0 Å². The fraction of sp³-hybridized carbons (Fsp3) is 0.571. The van der Waals surface area contributed by atoms with Gasteiger partial charge in [0, 0.05) is 11.6 Å². The zero-order valence-corrected chi connectivity index (χ0v) is 5.15. The van der Waals surface area contributed by atoms with Gasteiger partial charge in [0.15, 0.2) is 0 Å². The normalized spacial score (nSPS) is 28.6. The van der Waals surface area contributed by atoms with E-state index in [0.29, 0.717) is 5.92 Å². The van der Waals surface area contributed by atoms with Crippen molar-refractivity contribution in [3.8, 4) is 0 Å². The Kier molecular flexibility index (Phi) is 1.47. The van der Waals surface area contributed by atoms with Crippen LogP contribution in [0.1, 0.15) is 19.8 Å². The van der Waals surface area contributed by atoms with Crippen molar-refractivity contribution in [2.45, 2.75) is 19.8 Å². The van der Waals surface area contributed by atoms with E-state index in [9.17, 15) is 0 Å². The fourth-order valence-electron chi connectivity index (χ4n) is 0.883. The lowest BCUT2D eigenvalue weighted by atomic mass is 9.96. The Bertz CT molecular complexity index is 124. The van der Waals surface area contributed by atoms with Gasteiger partial charge in [0.2, 0.25) is 0 Å². The first kappa shape index (κ1) is 5.54. The number of rotatable bonds is 0. The molecule has 0 bridgehead atoms. The Morgan fingerprint density at radius 3 is 2.88 bits per heavy atom. The Morgan fingerprint density at radius 2 is 2.50 bits per heavy atom. The lowest BCUT2D eigenvalue weighted by molar-refractivity contribution is 0.871. The van der Waals surface area contributed by atoms with E-state index < -0.39 is 0 Å². The highest BCUT2D eigenvalue weighted by atomic mass is 14.4. The van der Waals surface area contributed by atoms with Crippen LogP contribution in [0.3, 0.4) is 0 Å².